The van der Waals surface area contributed by atoms with Gasteiger partial charge in [-0.3, -0.25) is 10.1 Å². The largest absolute Gasteiger partial charge is 0.492 e. The molecule has 1 aromatic carbocycles. The van der Waals surface area contributed by atoms with E-state index < -0.39 is 4.92 Å². The Balaban J connectivity index is 2.24. The maximum Gasteiger partial charge on any atom is 0.269 e. The van der Waals surface area contributed by atoms with Crippen LogP contribution in [0.25, 0.3) is 0 Å². The lowest BCUT2D eigenvalue weighted by atomic mass is 10.1. The second-order valence-corrected chi connectivity index (χ2v) is 4.74. The van der Waals surface area contributed by atoms with Gasteiger partial charge in [-0.25, -0.2) is 0 Å². The predicted molar refractivity (Wildman–Crippen MR) is 72.5 cm³/mol. The number of nitro benzene ring substituents is 1. The van der Waals surface area contributed by atoms with Crippen LogP contribution < -0.4 is 10.1 Å². The fraction of sp³-hybridized carbons (Fsp3) is 0.538. The number of nitrogens with one attached hydrogen (secondary N) is 1. The van der Waals surface area contributed by atoms with Crippen molar-refractivity contribution in [3.05, 3.63) is 34.4 Å². The van der Waals surface area contributed by atoms with Crippen molar-refractivity contribution in [1.82, 2.24) is 5.32 Å². The highest BCUT2D eigenvalue weighted by Gasteiger charge is 2.14. The Morgan fingerprint density at radius 3 is 2.47 bits per heavy atom. The molecule has 0 aliphatic rings. The zero-order valence-corrected chi connectivity index (χ0v) is 11.5. The van der Waals surface area contributed by atoms with Gasteiger partial charge < -0.3 is 14.8 Å². The van der Waals surface area contributed by atoms with Gasteiger partial charge in [0, 0.05) is 32.3 Å². The van der Waals surface area contributed by atoms with Gasteiger partial charge in [-0.2, -0.15) is 0 Å². The highest BCUT2D eigenvalue weighted by Crippen LogP contribution is 2.16. The van der Waals surface area contributed by atoms with E-state index in [-0.39, 0.29) is 11.3 Å². The summed E-state index contributed by atoms with van der Waals surface area (Å²) < 4.78 is 10.7. The summed E-state index contributed by atoms with van der Waals surface area (Å²) in [5.41, 5.74) is -0.139. The molecule has 106 valence electrons. The summed E-state index contributed by atoms with van der Waals surface area (Å²) in [4.78, 5) is 10.0. The monoisotopic (exact) mass is 268 g/mol. The van der Waals surface area contributed by atoms with Gasteiger partial charge in [-0.1, -0.05) is 0 Å². The second-order valence-electron chi connectivity index (χ2n) is 4.74. The van der Waals surface area contributed by atoms with Crippen molar-refractivity contribution < 1.29 is 14.4 Å². The number of nitrogens with zero attached hydrogens (tertiary/aromatic N) is 1. The van der Waals surface area contributed by atoms with Gasteiger partial charge in [0.1, 0.15) is 12.4 Å². The molecule has 0 radical (unpaired) electrons. The molecule has 0 fully saturated rings. The van der Waals surface area contributed by atoms with Crippen LogP contribution in [0.1, 0.15) is 13.8 Å². The predicted octanol–water partition coefficient (Wildman–Crippen LogP) is 1.99. The van der Waals surface area contributed by atoms with Gasteiger partial charge in [0.25, 0.3) is 5.69 Å². The fourth-order valence-corrected chi connectivity index (χ4v) is 1.37. The molecule has 0 aliphatic carbocycles. The van der Waals surface area contributed by atoms with Crippen molar-refractivity contribution in [1.29, 1.82) is 0 Å². The van der Waals surface area contributed by atoms with Crippen LogP contribution in [0.5, 0.6) is 5.75 Å². The van der Waals surface area contributed by atoms with Gasteiger partial charge in [0.15, 0.2) is 0 Å². The third-order valence-electron chi connectivity index (χ3n) is 2.70. The summed E-state index contributed by atoms with van der Waals surface area (Å²) in [6.45, 7) is 5.91. The van der Waals surface area contributed by atoms with Crippen LogP contribution >= 0.6 is 0 Å². The molecule has 0 aliphatic heterocycles. The minimum atomic E-state index is -0.432. The number of hydrogen-bond acceptors (Lipinski definition) is 5. The van der Waals surface area contributed by atoms with Crippen molar-refractivity contribution in [2.24, 2.45) is 0 Å². The van der Waals surface area contributed by atoms with Gasteiger partial charge in [-0.05, 0) is 26.0 Å². The summed E-state index contributed by atoms with van der Waals surface area (Å²) in [6.07, 6.45) is 0. The first kappa shape index (κ1) is 15.4. The third-order valence-corrected chi connectivity index (χ3v) is 2.70. The van der Waals surface area contributed by atoms with Crippen molar-refractivity contribution in [2.75, 3.05) is 26.8 Å². The van der Waals surface area contributed by atoms with E-state index in [1.165, 1.54) is 12.1 Å². The van der Waals surface area contributed by atoms with Crippen molar-refractivity contribution in [3.63, 3.8) is 0 Å². The van der Waals surface area contributed by atoms with Crippen molar-refractivity contribution >= 4 is 5.69 Å². The molecule has 1 aromatic rings. The Labute approximate surface area is 112 Å². The van der Waals surface area contributed by atoms with Crippen LogP contribution in [0.2, 0.25) is 0 Å². The average molecular weight is 268 g/mol. The smallest absolute Gasteiger partial charge is 0.269 e. The first-order chi connectivity index (χ1) is 8.94. The molecule has 0 saturated heterocycles. The first-order valence-corrected chi connectivity index (χ1v) is 6.08. The van der Waals surface area contributed by atoms with Gasteiger partial charge in [-0.15, -0.1) is 0 Å². The van der Waals surface area contributed by atoms with E-state index in [9.17, 15) is 10.1 Å². The third kappa shape index (κ3) is 5.67. The number of methoxy groups -OCH3 is 1. The van der Waals surface area contributed by atoms with E-state index in [0.29, 0.717) is 18.9 Å². The van der Waals surface area contributed by atoms with Crippen LogP contribution in [0, 0.1) is 10.1 Å². The van der Waals surface area contributed by atoms with E-state index in [1.807, 2.05) is 13.8 Å². The van der Waals surface area contributed by atoms with E-state index in [0.717, 1.165) is 6.54 Å². The minimum Gasteiger partial charge on any atom is -0.492 e. The number of ether oxygens (including phenoxy) is 2. The van der Waals surface area contributed by atoms with Crippen LogP contribution in [0.4, 0.5) is 5.69 Å². The molecular formula is C13H20N2O4. The SMILES string of the molecule is COC(C)(C)CNCCOc1ccc([N+](=O)[O-])cc1. The normalized spacial score (nSPS) is 11.3. The molecule has 6 nitrogen and oxygen atoms in total. The Morgan fingerprint density at radius 1 is 1.32 bits per heavy atom. The molecule has 0 saturated carbocycles. The quantitative estimate of drug-likeness (QED) is 0.443. The molecule has 0 heterocycles. The Bertz CT molecular complexity index is 404. The lowest BCUT2D eigenvalue weighted by Crippen LogP contribution is -2.38. The fourth-order valence-electron chi connectivity index (χ4n) is 1.37. The van der Waals surface area contributed by atoms with E-state index in [1.54, 1.807) is 19.2 Å². The minimum absolute atomic E-state index is 0.0623. The number of benzene rings is 1. The Hall–Kier alpha value is -1.66. The zero-order valence-electron chi connectivity index (χ0n) is 11.5. The summed E-state index contributed by atoms with van der Waals surface area (Å²) in [7, 11) is 1.68. The molecule has 0 aromatic heterocycles. The summed E-state index contributed by atoms with van der Waals surface area (Å²) in [5.74, 6) is 0.624. The number of hydrogen-bond donors (Lipinski definition) is 1. The first-order valence-electron chi connectivity index (χ1n) is 6.08. The van der Waals surface area contributed by atoms with Crippen molar-refractivity contribution in [2.45, 2.75) is 19.4 Å². The highest BCUT2D eigenvalue weighted by molar-refractivity contribution is 5.35. The molecule has 6 heteroatoms. The lowest BCUT2D eigenvalue weighted by molar-refractivity contribution is -0.384. The number of nitro groups is 1. The zero-order chi connectivity index (χ0) is 14.3. The molecule has 1 N–H and O–H groups in total. The molecular weight excluding hydrogens is 248 g/mol. The second kappa shape index (κ2) is 7.06. The molecule has 0 spiro atoms. The molecule has 0 bridgehead atoms. The molecule has 19 heavy (non-hydrogen) atoms. The molecule has 0 atom stereocenters. The number of non-ortho nitro benzene ring substituents is 1. The van der Waals surface area contributed by atoms with Gasteiger partial charge >= 0.3 is 0 Å². The standard InChI is InChI=1S/C13H20N2O4/c1-13(2,18-3)10-14-8-9-19-12-6-4-11(5-7-12)15(16)17/h4-7,14H,8-10H2,1-3H3. The van der Waals surface area contributed by atoms with E-state index in [2.05, 4.69) is 5.32 Å². The van der Waals surface area contributed by atoms with Crippen LogP contribution in [-0.2, 0) is 4.74 Å². The highest BCUT2D eigenvalue weighted by atomic mass is 16.6. The van der Waals surface area contributed by atoms with Crippen LogP contribution in [0.15, 0.2) is 24.3 Å². The Kier molecular flexibility index (Phi) is 5.72. The summed E-state index contributed by atoms with van der Waals surface area (Å²) in [6, 6.07) is 6.04. The van der Waals surface area contributed by atoms with Crippen molar-refractivity contribution in [3.8, 4) is 5.75 Å². The summed E-state index contributed by atoms with van der Waals surface area (Å²) >= 11 is 0. The van der Waals surface area contributed by atoms with Gasteiger partial charge in [0.05, 0.1) is 10.5 Å². The number of rotatable bonds is 8. The maximum atomic E-state index is 10.5. The van der Waals surface area contributed by atoms with E-state index in [4.69, 9.17) is 9.47 Å². The van der Waals surface area contributed by atoms with Gasteiger partial charge in [0.2, 0.25) is 0 Å². The molecule has 0 amide bonds. The lowest BCUT2D eigenvalue weighted by Gasteiger charge is -2.23. The van der Waals surface area contributed by atoms with Crippen LogP contribution in [-0.4, -0.2) is 37.3 Å². The van der Waals surface area contributed by atoms with Crippen LogP contribution in [0.3, 0.4) is 0 Å². The topological polar surface area (TPSA) is 73.6 Å². The summed E-state index contributed by atoms with van der Waals surface area (Å²) in [5, 5.41) is 13.7. The average Bonchev–Trinajstić information content (AvgIpc) is 2.39. The van der Waals surface area contributed by atoms with E-state index >= 15 is 0 Å². The molecule has 0 unspecified atom stereocenters. The molecule has 1 rings (SSSR count). The maximum absolute atomic E-state index is 10.5. The Morgan fingerprint density at radius 2 is 1.95 bits per heavy atom.